The largest absolute Gasteiger partial charge is 0.466 e. The van der Waals surface area contributed by atoms with E-state index >= 15 is 0 Å². The van der Waals surface area contributed by atoms with Crippen LogP contribution in [0.25, 0.3) is 0 Å². The Bertz CT molecular complexity index is 930. The van der Waals surface area contributed by atoms with Crippen molar-refractivity contribution >= 4 is 24.1 Å². The maximum Gasteiger partial charge on any atom is 0.407 e. The van der Waals surface area contributed by atoms with E-state index in [1.165, 1.54) is 77.0 Å². The second-order valence-electron chi connectivity index (χ2n) is 15.9. The number of hydrogen-bond acceptors (Lipinski definition) is 10. The molecule has 1 rings (SSSR count). The first-order chi connectivity index (χ1) is 27.8. The van der Waals surface area contributed by atoms with Gasteiger partial charge in [-0.2, -0.15) is 0 Å². The SMILES string of the molecule is CCCCCCCCC(CC)OC(=O)NCCCCOC(=O)CCN(CCCN1CCCC1)CCC(=O)OCCCCNC(=O)OC(CC)CCCCCCCC. The van der Waals surface area contributed by atoms with Gasteiger partial charge in [-0.3, -0.25) is 9.59 Å². The van der Waals surface area contributed by atoms with E-state index in [2.05, 4.69) is 48.1 Å². The Morgan fingerprint density at radius 2 is 0.982 bits per heavy atom. The molecule has 1 heterocycles. The zero-order valence-electron chi connectivity index (χ0n) is 37.1. The Kier molecular flexibility index (Phi) is 34.6. The lowest BCUT2D eigenvalue weighted by molar-refractivity contribution is -0.144. The van der Waals surface area contributed by atoms with Gasteiger partial charge in [0.15, 0.2) is 0 Å². The monoisotopic (exact) mass is 811 g/mol. The summed E-state index contributed by atoms with van der Waals surface area (Å²) in [4.78, 5) is 54.3. The van der Waals surface area contributed by atoms with Crippen molar-refractivity contribution in [1.82, 2.24) is 20.4 Å². The van der Waals surface area contributed by atoms with Crippen LogP contribution in [0.15, 0.2) is 0 Å². The molecule has 0 aromatic heterocycles. The van der Waals surface area contributed by atoms with E-state index in [0.717, 1.165) is 71.1 Å². The minimum Gasteiger partial charge on any atom is -0.466 e. The molecular formula is C45H86N4O8. The van der Waals surface area contributed by atoms with Crippen LogP contribution in [0.1, 0.15) is 188 Å². The number of carbonyl (C=O) groups is 4. The third-order valence-corrected chi connectivity index (χ3v) is 10.8. The molecule has 2 atom stereocenters. The van der Waals surface area contributed by atoms with Gasteiger partial charge in [0.25, 0.3) is 0 Å². The van der Waals surface area contributed by atoms with Gasteiger partial charge in [0.2, 0.25) is 0 Å². The molecule has 0 aliphatic carbocycles. The normalized spacial score (nSPS) is 14.0. The maximum absolute atomic E-state index is 12.6. The van der Waals surface area contributed by atoms with Gasteiger partial charge in [-0.05, 0) is 110 Å². The molecule has 0 saturated carbocycles. The Labute approximate surface area is 348 Å². The summed E-state index contributed by atoms with van der Waals surface area (Å²) >= 11 is 0. The fourth-order valence-electron chi connectivity index (χ4n) is 7.09. The van der Waals surface area contributed by atoms with Crippen LogP contribution in [0, 0.1) is 0 Å². The molecule has 1 saturated heterocycles. The van der Waals surface area contributed by atoms with Crippen LogP contribution in [0.5, 0.6) is 0 Å². The highest BCUT2D eigenvalue weighted by Crippen LogP contribution is 2.14. The Morgan fingerprint density at radius 3 is 1.42 bits per heavy atom. The van der Waals surface area contributed by atoms with Crippen LogP contribution >= 0.6 is 0 Å². The molecular weight excluding hydrogens is 725 g/mol. The second kappa shape index (κ2) is 37.7. The Balaban J connectivity index is 2.24. The van der Waals surface area contributed by atoms with Gasteiger partial charge in [-0.25, -0.2) is 9.59 Å². The standard InChI is InChI=1S/C45H86N4O8/c1-5-9-11-13-15-17-26-40(7-3)56-44(52)46-30-19-23-38-54-42(50)28-36-49(35-25-34-48-32-21-22-33-48)37-29-43(51)55-39-24-20-31-47-45(53)57-41(8-4)27-18-16-14-12-10-6-2/h40-41H,5-39H2,1-4H3,(H,46,52)(H,47,53). The van der Waals surface area contributed by atoms with E-state index in [1.807, 2.05) is 0 Å². The van der Waals surface area contributed by atoms with Crippen LogP contribution in [0.3, 0.4) is 0 Å². The van der Waals surface area contributed by atoms with Crippen molar-refractivity contribution in [2.24, 2.45) is 0 Å². The molecule has 0 radical (unpaired) electrons. The number of nitrogens with one attached hydrogen (secondary N) is 2. The van der Waals surface area contributed by atoms with Gasteiger partial charge in [-0.15, -0.1) is 0 Å². The fraction of sp³-hybridized carbons (Fsp3) is 0.911. The van der Waals surface area contributed by atoms with Crippen molar-refractivity contribution < 1.29 is 38.1 Å². The lowest BCUT2D eigenvalue weighted by atomic mass is 10.1. The molecule has 1 aliphatic rings. The summed E-state index contributed by atoms with van der Waals surface area (Å²) in [6.07, 6.45) is 24.0. The number of likely N-dealkylation sites (tertiary alicyclic amines) is 1. The van der Waals surface area contributed by atoms with Crippen molar-refractivity contribution in [3.05, 3.63) is 0 Å². The number of carbonyl (C=O) groups excluding carboxylic acids is 4. The zero-order valence-corrected chi connectivity index (χ0v) is 37.1. The van der Waals surface area contributed by atoms with Crippen LogP contribution in [0.4, 0.5) is 9.59 Å². The van der Waals surface area contributed by atoms with Crippen molar-refractivity contribution in [2.75, 3.05) is 65.6 Å². The van der Waals surface area contributed by atoms with Crippen LogP contribution in [-0.4, -0.2) is 112 Å². The second-order valence-corrected chi connectivity index (χ2v) is 15.9. The van der Waals surface area contributed by atoms with Crippen LogP contribution < -0.4 is 10.6 Å². The first-order valence-electron chi connectivity index (χ1n) is 23.5. The molecule has 0 aromatic rings. The average Bonchev–Trinajstić information content (AvgIpc) is 3.73. The highest BCUT2D eigenvalue weighted by Gasteiger charge is 2.16. The predicted octanol–water partition coefficient (Wildman–Crippen LogP) is 9.71. The first kappa shape index (κ1) is 52.4. The molecule has 334 valence electrons. The number of nitrogens with zero attached hydrogens (tertiary/aromatic N) is 2. The summed E-state index contributed by atoms with van der Waals surface area (Å²) in [5, 5.41) is 5.66. The van der Waals surface area contributed by atoms with Gasteiger partial charge in [0.05, 0.1) is 26.1 Å². The van der Waals surface area contributed by atoms with Crippen LogP contribution in [-0.2, 0) is 28.5 Å². The van der Waals surface area contributed by atoms with Crippen molar-refractivity contribution in [3.8, 4) is 0 Å². The smallest absolute Gasteiger partial charge is 0.407 e. The fourth-order valence-corrected chi connectivity index (χ4v) is 7.09. The zero-order chi connectivity index (χ0) is 41.6. The van der Waals surface area contributed by atoms with E-state index in [1.54, 1.807) is 0 Å². The number of unbranched alkanes of at least 4 members (excludes halogenated alkanes) is 12. The van der Waals surface area contributed by atoms with E-state index < -0.39 is 0 Å². The lowest BCUT2D eigenvalue weighted by Gasteiger charge is -2.23. The van der Waals surface area contributed by atoms with E-state index in [4.69, 9.17) is 18.9 Å². The predicted molar refractivity (Wildman–Crippen MR) is 229 cm³/mol. The van der Waals surface area contributed by atoms with Gasteiger partial charge in [-0.1, -0.05) is 91.9 Å². The highest BCUT2D eigenvalue weighted by molar-refractivity contribution is 5.70. The highest BCUT2D eigenvalue weighted by atomic mass is 16.6. The molecule has 0 aromatic carbocycles. The number of esters is 2. The van der Waals surface area contributed by atoms with Crippen LogP contribution in [0.2, 0.25) is 0 Å². The number of amides is 2. The third kappa shape index (κ3) is 32.0. The number of rotatable bonds is 38. The molecule has 2 unspecified atom stereocenters. The molecule has 2 amide bonds. The Hall–Kier alpha value is -2.60. The minimum atomic E-state index is -0.371. The lowest BCUT2D eigenvalue weighted by Crippen LogP contribution is -2.33. The summed E-state index contributed by atoms with van der Waals surface area (Å²) in [6.45, 7) is 15.3. The number of hydrogen-bond donors (Lipinski definition) is 2. The summed E-state index contributed by atoms with van der Waals surface area (Å²) < 4.78 is 22.2. The topological polar surface area (TPSA) is 136 Å². The maximum atomic E-state index is 12.6. The molecule has 0 spiro atoms. The molecule has 1 aliphatic heterocycles. The summed E-state index contributed by atoms with van der Waals surface area (Å²) in [5.74, 6) is -0.508. The summed E-state index contributed by atoms with van der Waals surface area (Å²) in [7, 11) is 0. The van der Waals surface area contributed by atoms with Gasteiger partial charge < -0.3 is 39.4 Å². The summed E-state index contributed by atoms with van der Waals surface area (Å²) in [6, 6.07) is 0. The molecule has 12 heteroatoms. The molecule has 0 bridgehead atoms. The minimum absolute atomic E-state index is 0.0431. The quantitative estimate of drug-likeness (QED) is 0.0353. The Morgan fingerprint density at radius 1 is 0.544 bits per heavy atom. The molecule has 2 N–H and O–H groups in total. The molecule has 57 heavy (non-hydrogen) atoms. The third-order valence-electron chi connectivity index (χ3n) is 10.8. The molecule has 12 nitrogen and oxygen atoms in total. The summed E-state index contributed by atoms with van der Waals surface area (Å²) in [5.41, 5.74) is 0. The van der Waals surface area contributed by atoms with E-state index in [-0.39, 0.29) is 49.2 Å². The average molecular weight is 811 g/mol. The van der Waals surface area contributed by atoms with E-state index in [0.29, 0.717) is 65.1 Å². The van der Waals surface area contributed by atoms with Crippen molar-refractivity contribution in [2.45, 2.75) is 200 Å². The van der Waals surface area contributed by atoms with Gasteiger partial charge >= 0.3 is 24.1 Å². The van der Waals surface area contributed by atoms with Crippen molar-refractivity contribution in [1.29, 1.82) is 0 Å². The van der Waals surface area contributed by atoms with E-state index in [9.17, 15) is 19.2 Å². The van der Waals surface area contributed by atoms with Crippen molar-refractivity contribution in [3.63, 3.8) is 0 Å². The number of alkyl carbamates (subject to hydrolysis) is 2. The van der Waals surface area contributed by atoms with Gasteiger partial charge in [0, 0.05) is 26.2 Å². The molecule has 1 fully saturated rings. The number of ether oxygens (including phenoxy) is 4. The van der Waals surface area contributed by atoms with Gasteiger partial charge in [0.1, 0.15) is 12.2 Å². The first-order valence-corrected chi connectivity index (χ1v) is 23.5.